The zero-order valence-electron chi connectivity index (χ0n) is 17.8. The topological polar surface area (TPSA) is 79.8 Å². The van der Waals surface area contributed by atoms with Gasteiger partial charge in [-0.15, -0.1) is 24.0 Å². The van der Waals surface area contributed by atoms with Crippen LogP contribution in [0.15, 0.2) is 29.3 Å². The van der Waals surface area contributed by atoms with Gasteiger partial charge in [0.1, 0.15) is 11.4 Å². The fourth-order valence-electron chi connectivity index (χ4n) is 4.04. The maximum absolute atomic E-state index is 12.3. The van der Waals surface area contributed by atoms with Crippen LogP contribution in [0, 0.1) is 0 Å². The van der Waals surface area contributed by atoms with Crippen molar-refractivity contribution in [1.82, 2.24) is 10.6 Å². The fourth-order valence-corrected chi connectivity index (χ4v) is 5.03. The van der Waals surface area contributed by atoms with Crippen molar-refractivity contribution < 1.29 is 13.2 Å². The Bertz CT molecular complexity index is 828. The van der Waals surface area contributed by atoms with Gasteiger partial charge < -0.3 is 15.4 Å². The zero-order valence-corrected chi connectivity index (χ0v) is 21.0. The molecule has 8 heteroatoms. The maximum atomic E-state index is 12.3. The van der Waals surface area contributed by atoms with E-state index >= 15 is 0 Å². The molecular weight excluding hydrogens is 501 g/mol. The number of fused-ring (bicyclic) bond motifs is 1. The number of halogens is 1. The van der Waals surface area contributed by atoms with Crippen LogP contribution in [0.25, 0.3) is 0 Å². The van der Waals surface area contributed by atoms with Crippen LogP contribution in [0.5, 0.6) is 5.75 Å². The largest absolute Gasteiger partial charge is 0.487 e. The average Bonchev–Trinajstić information content (AvgIpc) is 3.07. The van der Waals surface area contributed by atoms with E-state index in [0.717, 1.165) is 30.6 Å². The number of benzene rings is 1. The molecule has 3 rings (SSSR count). The fraction of sp³-hybridized carbons (Fsp3) is 0.667. The Labute approximate surface area is 192 Å². The molecule has 0 aromatic heterocycles. The molecule has 2 aliphatic rings. The van der Waals surface area contributed by atoms with Crippen LogP contribution >= 0.6 is 24.0 Å². The summed E-state index contributed by atoms with van der Waals surface area (Å²) in [6.45, 7) is 5.52. The van der Waals surface area contributed by atoms with Crippen molar-refractivity contribution in [3.8, 4) is 5.75 Å². The van der Waals surface area contributed by atoms with Crippen molar-refractivity contribution in [3.05, 3.63) is 29.8 Å². The van der Waals surface area contributed by atoms with Crippen LogP contribution in [0.1, 0.15) is 64.5 Å². The molecule has 0 radical (unpaired) electrons. The van der Waals surface area contributed by atoms with E-state index < -0.39 is 14.6 Å². The summed E-state index contributed by atoms with van der Waals surface area (Å²) in [7, 11) is -1.45. The highest BCUT2D eigenvalue weighted by molar-refractivity contribution is 14.0. The van der Waals surface area contributed by atoms with Crippen molar-refractivity contribution >= 4 is 39.8 Å². The number of rotatable bonds is 4. The molecule has 1 fully saturated rings. The summed E-state index contributed by atoms with van der Waals surface area (Å²) in [5.74, 6) is 1.64. The van der Waals surface area contributed by atoms with Gasteiger partial charge in [-0.1, -0.05) is 18.2 Å². The Kier molecular flexibility index (Phi) is 7.86. The van der Waals surface area contributed by atoms with Gasteiger partial charge in [0.05, 0.1) is 16.5 Å². The van der Waals surface area contributed by atoms with Crippen LogP contribution in [-0.2, 0) is 9.84 Å². The second-order valence-electron chi connectivity index (χ2n) is 8.86. The van der Waals surface area contributed by atoms with Gasteiger partial charge in [-0.05, 0) is 52.5 Å². The molecule has 0 bridgehead atoms. The molecule has 0 amide bonds. The molecule has 29 heavy (non-hydrogen) atoms. The van der Waals surface area contributed by atoms with E-state index in [1.165, 1.54) is 12.8 Å². The zero-order chi connectivity index (χ0) is 20.4. The van der Waals surface area contributed by atoms with Gasteiger partial charge in [-0.25, -0.2) is 8.42 Å². The third kappa shape index (κ3) is 5.57. The van der Waals surface area contributed by atoms with E-state index in [9.17, 15) is 8.42 Å². The number of guanidine groups is 1. The van der Waals surface area contributed by atoms with Crippen molar-refractivity contribution in [2.24, 2.45) is 4.99 Å². The molecule has 0 saturated heterocycles. The summed E-state index contributed by atoms with van der Waals surface area (Å²) in [6, 6.07) is 8.25. The van der Waals surface area contributed by atoms with Crippen LogP contribution in [0.4, 0.5) is 0 Å². The summed E-state index contributed by atoms with van der Waals surface area (Å²) in [5, 5.41) is 6.68. The second-order valence-corrected chi connectivity index (χ2v) is 11.7. The molecule has 1 heterocycles. The SMILES string of the molecule is CN=C(NCCS(=O)(=O)C(C)(C)C)NC1CC2(CCCC2)Oc2ccccc21.I. The predicted molar refractivity (Wildman–Crippen MR) is 129 cm³/mol. The maximum Gasteiger partial charge on any atom is 0.191 e. The van der Waals surface area contributed by atoms with E-state index in [-0.39, 0.29) is 41.4 Å². The lowest BCUT2D eigenvalue weighted by Crippen LogP contribution is -2.47. The second kappa shape index (κ2) is 9.41. The van der Waals surface area contributed by atoms with Crippen molar-refractivity contribution in [3.63, 3.8) is 0 Å². The quantitative estimate of drug-likeness (QED) is 0.348. The average molecular weight is 535 g/mol. The lowest BCUT2D eigenvalue weighted by Gasteiger charge is -2.40. The predicted octanol–water partition coefficient (Wildman–Crippen LogP) is 3.82. The third-order valence-electron chi connectivity index (χ3n) is 5.84. The van der Waals surface area contributed by atoms with Gasteiger partial charge >= 0.3 is 0 Å². The number of sulfone groups is 1. The lowest BCUT2D eigenvalue weighted by molar-refractivity contribution is 0.0396. The first-order chi connectivity index (χ1) is 13.2. The monoisotopic (exact) mass is 535 g/mol. The van der Waals surface area contributed by atoms with E-state index in [1.807, 2.05) is 18.2 Å². The highest BCUT2D eigenvalue weighted by atomic mass is 127. The molecule has 1 unspecified atom stereocenters. The molecular formula is C21H34IN3O3S. The number of hydrogen-bond donors (Lipinski definition) is 2. The van der Waals surface area contributed by atoms with E-state index in [0.29, 0.717) is 12.5 Å². The molecule has 1 saturated carbocycles. The molecule has 1 aromatic rings. The standard InChI is InChI=1S/C21H33N3O3S.HI/c1-20(2,3)28(25,26)14-13-23-19(22-4)24-17-15-21(11-7-8-12-21)27-18-10-6-5-9-16(17)18;/h5-6,9-10,17H,7-8,11-15H2,1-4H3,(H2,22,23,24);1H. The third-order valence-corrected chi connectivity index (χ3v) is 8.45. The molecule has 6 nitrogen and oxygen atoms in total. The van der Waals surface area contributed by atoms with Crippen molar-refractivity contribution in [2.75, 3.05) is 19.3 Å². The first-order valence-corrected chi connectivity index (χ1v) is 11.8. The summed E-state index contributed by atoms with van der Waals surface area (Å²) in [4.78, 5) is 4.31. The molecule has 1 atom stereocenters. The minimum Gasteiger partial charge on any atom is -0.487 e. The summed E-state index contributed by atoms with van der Waals surface area (Å²) in [6.07, 6.45) is 5.45. The number of para-hydroxylation sites is 1. The van der Waals surface area contributed by atoms with Gasteiger partial charge in [0, 0.05) is 25.6 Å². The van der Waals surface area contributed by atoms with E-state index in [2.05, 4.69) is 21.7 Å². The van der Waals surface area contributed by atoms with Crippen LogP contribution in [-0.4, -0.2) is 44.1 Å². The molecule has 1 aliphatic heterocycles. The number of ether oxygens (including phenoxy) is 1. The first kappa shape index (κ1) is 24.2. The van der Waals surface area contributed by atoms with E-state index in [1.54, 1.807) is 27.8 Å². The van der Waals surface area contributed by atoms with Gasteiger partial charge in [-0.3, -0.25) is 4.99 Å². The first-order valence-electron chi connectivity index (χ1n) is 10.1. The summed E-state index contributed by atoms with van der Waals surface area (Å²) in [5.41, 5.74) is 1.03. The van der Waals surface area contributed by atoms with Crippen LogP contribution < -0.4 is 15.4 Å². The normalized spacial score (nSPS) is 21.1. The minimum absolute atomic E-state index is 0. The number of hydrogen-bond acceptors (Lipinski definition) is 4. The number of aliphatic imine (C=N–C) groups is 1. The highest BCUT2D eigenvalue weighted by Crippen LogP contribution is 2.46. The molecule has 1 aromatic carbocycles. The van der Waals surface area contributed by atoms with E-state index in [4.69, 9.17) is 4.74 Å². The van der Waals surface area contributed by atoms with Crippen LogP contribution in [0.3, 0.4) is 0 Å². The molecule has 1 spiro atoms. The lowest BCUT2D eigenvalue weighted by atomic mass is 9.86. The summed E-state index contributed by atoms with van der Waals surface area (Å²) < 4.78 is 30.3. The van der Waals surface area contributed by atoms with Crippen molar-refractivity contribution in [1.29, 1.82) is 0 Å². The molecule has 164 valence electrons. The Morgan fingerprint density at radius 2 is 1.90 bits per heavy atom. The Hall–Kier alpha value is -1.03. The van der Waals surface area contributed by atoms with Gasteiger partial charge in [0.15, 0.2) is 15.8 Å². The van der Waals surface area contributed by atoms with Gasteiger partial charge in [-0.2, -0.15) is 0 Å². The minimum atomic E-state index is -3.17. The van der Waals surface area contributed by atoms with Crippen molar-refractivity contribution in [2.45, 2.75) is 69.3 Å². The highest BCUT2D eigenvalue weighted by Gasteiger charge is 2.43. The molecule has 1 aliphatic carbocycles. The Morgan fingerprint density at radius 3 is 2.52 bits per heavy atom. The smallest absolute Gasteiger partial charge is 0.191 e. The number of nitrogens with one attached hydrogen (secondary N) is 2. The molecule has 2 N–H and O–H groups in total. The van der Waals surface area contributed by atoms with Gasteiger partial charge in [0.2, 0.25) is 0 Å². The Morgan fingerprint density at radius 1 is 1.24 bits per heavy atom. The van der Waals surface area contributed by atoms with Gasteiger partial charge in [0.25, 0.3) is 0 Å². The number of nitrogens with zero attached hydrogens (tertiary/aromatic N) is 1. The summed E-state index contributed by atoms with van der Waals surface area (Å²) >= 11 is 0. The van der Waals surface area contributed by atoms with Crippen LogP contribution in [0.2, 0.25) is 0 Å². The Balaban J connectivity index is 0.00000300.